The van der Waals surface area contributed by atoms with Gasteiger partial charge in [0.2, 0.25) is 0 Å². The molecule has 2 heterocycles. The second-order valence-electron chi connectivity index (χ2n) is 2.99. The number of hydrogen-bond donors (Lipinski definition) is 1. The van der Waals surface area contributed by atoms with E-state index in [0.29, 0.717) is 6.61 Å². The molecule has 4 heteroatoms. The summed E-state index contributed by atoms with van der Waals surface area (Å²) in [7, 11) is 0. The number of H-pyrrole nitrogens is 1. The number of pyridine rings is 1. The molecule has 0 atom stereocenters. The largest absolute Gasteiger partial charge is 0.484 e. The van der Waals surface area contributed by atoms with Crippen molar-refractivity contribution in [1.82, 2.24) is 15.0 Å². The topological polar surface area (TPSA) is 50.8 Å². The van der Waals surface area contributed by atoms with Gasteiger partial charge < -0.3 is 9.72 Å². The molecular weight excluding hydrogens is 178 g/mol. The molecule has 0 aromatic carbocycles. The molecule has 0 radical (unpaired) electrons. The fraction of sp³-hybridized carbons (Fsp3) is 0.200. The van der Waals surface area contributed by atoms with Gasteiger partial charge in [0.05, 0.1) is 6.20 Å². The SMILES string of the molecule is Cc1cnc(COc2cccnc2)[nH]1. The van der Waals surface area contributed by atoms with Gasteiger partial charge in [0.15, 0.2) is 0 Å². The zero-order valence-corrected chi connectivity index (χ0v) is 7.90. The molecule has 2 aromatic heterocycles. The van der Waals surface area contributed by atoms with E-state index < -0.39 is 0 Å². The van der Waals surface area contributed by atoms with Crippen LogP contribution >= 0.6 is 0 Å². The summed E-state index contributed by atoms with van der Waals surface area (Å²) < 4.78 is 5.45. The number of nitrogens with one attached hydrogen (secondary N) is 1. The maximum absolute atomic E-state index is 5.45. The first kappa shape index (κ1) is 8.74. The van der Waals surface area contributed by atoms with Gasteiger partial charge in [0.1, 0.15) is 18.2 Å². The summed E-state index contributed by atoms with van der Waals surface area (Å²) in [4.78, 5) is 11.2. The molecule has 0 aliphatic carbocycles. The van der Waals surface area contributed by atoms with Gasteiger partial charge in [-0.05, 0) is 19.1 Å². The van der Waals surface area contributed by atoms with Crippen molar-refractivity contribution in [3.63, 3.8) is 0 Å². The minimum Gasteiger partial charge on any atom is -0.484 e. The molecule has 0 saturated heterocycles. The van der Waals surface area contributed by atoms with Crippen LogP contribution in [-0.2, 0) is 6.61 Å². The van der Waals surface area contributed by atoms with Crippen LogP contribution < -0.4 is 4.74 Å². The van der Waals surface area contributed by atoms with E-state index in [1.165, 1.54) is 0 Å². The zero-order valence-electron chi connectivity index (χ0n) is 7.90. The van der Waals surface area contributed by atoms with E-state index in [1.807, 2.05) is 19.1 Å². The van der Waals surface area contributed by atoms with E-state index >= 15 is 0 Å². The molecule has 2 rings (SSSR count). The molecule has 0 aliphatic rings. The van der Waals surface area contributed by atoms with Crippen molar-refractivity contribution in [1.29, 1.82) is 0 Å². The number of hydrogen-bond acceptors (Lipinski definition) is 3. The monoisotopic (exact) mass is 189 g/mol. The van der Waals surface area contributed by atoms with Gasteiger partial charge in [0, 0.05) is 18.1 Å². The third kappa shape index (κ3) is 2.10. The first-order valence-electron chi connectivity index (χ1n) is 4.38. The summed E-state index contributed by atoms with van der Waals surface area (Å²) in [5.74, 6) is 1.58. The summed E-state index contributed by atoms with van der Waals surface area (Å²) in [6, 6.07) is 3.70. The minimum absolute atomic E-state index is 0.444. The van der Waals surface area contributed by atoms with Crippen molar-refractivity contribution >= 4 is 0 Å². The highest BCUT2D eigenvalue weighted by Crippen LogP contribution is 2.08. The van der Waals surface area contributed by atoms with E-state index in [2.05, 4.69) is 15.0 Å². The molecule has 0 unspecified atom stereocenters. The third-order valence-corrected chi connectivity index (χ3v) is 1.77. The summed E-state index contributed by atoms with van der Waals surface area (Å²) in [5.41, 5.74) is 1.04. The number of aryl methyl sites for hydroxylation is 1. The van der Waals surface area contributed by atoms with Gasteiger partial charge >= 0.3 is 0 Å². The average Bonchev–Trinajstić information content (AvgIpc) is 2.63. The van der Waals surface area contributed by atoms with Crippen LogP contribution in [-0.4, -0.2) is 15.0 Å². The molecule has 14 heavy (non-hydrogen) atoms. The Hall–Kier alpha value is -1.84. The van der Waals surface area contributed by atoms with Gasteiger partial charge in [0.25, 0.3) is 0 Å². The zero-order chi connectivity index (χ0) is 9.80. The first-order chi connectivity index (χ1) is 6.84. The number of ether oxygens (including phenoxy) is 1. The molecule has 0 fully saturated rings. The molecule has 0 bridgehead atoms. The summed E-state index contributed by atoms with van der Waals surface area (Å²) >= 11 is 0. The van der Waals surface area contributed by atoms with Gasteiger partial charge in [-0.25, -0.2) is 4.98 Å². The van der Waals surface area contributed by atoms with Gasteiger partial charge in [-0.3, -0.25) is 4.98 Å². The number of imidazole rings is 1. The van der Waals surface area contributed by atoms with Crippen molar-refractivity contribution in [3.05, 3.63) is 42.2 Å². The lowest BCUT2D eigenvalue weighted by molar-refractivity contribution is 0.296. The molecular formula is C10H11N3O. The summed E-state index contributed by atoms with van der Waals surface area (Å²) in [5, 5.41) is 0. The van der Waals surface area contributed by atoms with E-state index in [-0.39, 0.29) is 0 Å². The van der Waals surface area contributed by atoms with E-state index in [9.17, 15) is 0 Å². The molecule has 72 valence electrons. The van der Waals surface area contributed by atoms with Crippen molar-refractivity contribution in [2.24, 2.45) is 0 Å². The van der Waals surface area contributed by atoms with Gasteiger partial charge in [-0.15, -0.1) is 0 Å². The van der Waals surface area contributed by atoms with Crippen molar-refractivity contribution in [2.75, 3.05) is 0 Å². The van der Waals surface area contributed by atoms with Gasteiger partial charge in [-0.1, -0.05) is 0 Å². The Balaban J connectivity index is 1.95. The number of rotatable bonds is 3. The summed E-state index contributed by atoms with van der Waals surface area (Å²) in [6.45, 7) is 2.40. The highest BCUT2D eigenvalue weighted by molar-refractivity contribution is 5.15. The van der Waals surface area contributed by atoms with Gasteiger partial charge in [-0.2, -0.15) is 0 Å². The van der Waals surface area contributed by atoms with Crippen LogP contribution in [0.5, 0.6) is 5.75 Å². The van der Waals surface area contributed by atoms with Crippen molar-refractivity contribution < 1.29 is 4.74 Å². The highest BCUT2D eigenvalue weighted by Gasteiger charge is 1.98. The normalized spacial score (nSPS) is 10.1. The lowest BCUT2D eigenvalue weighted by Crippen LogP contribution is -1.97. The Labute approximate surface area is 82.0 Å². The average molecular weight is 189 g/mol. The lowest BCUT2D eigenvalue weighted by atomic mass is 10.5. The fourth-order valence-electron chi connectivity index (χ4n) is 1.12. The Morgan fingerprint density at radius 2 is 2.36 bits per heavy atom. The number of nitrogens with zero attached hydrogens (tertiary/aromatic N) is 2. The smallest absolute Gasteiger partial charge is 0.146 e. The molecule has 1 N–H and O–H groups in total. The minimum atomic E-state index is 0.444. The lowest BCUT2D eigenvalue weighted by Gasteiger charge is -2.02. The Bertz CT molecular complexity index is 397. The molecule has 0 spiro atoms. The standard InChI is InChI=1S/C10H11N3O/c1-8-5-12-10(13-8)7-14-9-3-2-4-11-6-9/h2-6H,7H2,1H3,(H,12,13). The predicted molar refractivity (Wildman–Crippen MR) is 51.9 cm³/mol. The number of aromatic amines is 1. The van der Waals surface area contributed by atoms with Crippen LogP contribution in [0.1, 0.15) is 11.5 Å². The number of aromatic nitrogens is 3. The fourth-order valence-corrected chi connectivity index (χ4v) is 1.12. The molecule has 2 aromatic rings. The maximum Gasteiger partial charge on any atom is 0.146 e. The van der Waals surface area contributed by atoms with Crippen LogP contribution in [0.15, 0.2) is 30.7 Å². The first-order valence-corrected chi connectivity index (χ1v) is 4.38. The Morgan fingerprint density at radius 3 is 3.00 bits per heavy atom. The molecule has 0 saturated carbocycles. The van der Waals surface area contributed by atoms with Crippen molar-refractivity contribution in [2.45, 2.75) is 13.5 Å². The maximum atomic E-state index is 5.45. The second kappa shape index (κ2) is 3.91. The van der Waals surface area contributed by atoms with E-state index in [4.69, 9.17) is 4.74 Å². The van der Waals surface area contributed by atoms with Crippen LogP contribution in [0, 0.1) is 6.92 Å². The van der Waals surface area contributed by atoms with Crippen molar-refractivity contribution in [3.8, 4) is 5.75 Å². The predicted octanol–water partition coefficient (Wildman–Crippen LogP) is 1.69. The van der Waals surface area contributed by atoms with Crippen LogP contribution in [0.25, 0.3) is 0 Å². The molecule has 0 amide bonds. The summed E-state index contributed by atoms with van der Waals surface area (Å²) in [6.07, 6.45) is 5.17. The third-order valence-electron chi connectivity index (χ3n) is 1.77. The molecule has 0 aliphatic heterocycles. The Kier molecular flexibility index (Phi) is 2.44. The second-order valence-corrected chi connectivity index (χ2v) is 2.99. The van der Waals surface area contributed by atoms with Crippen LogP contribution in [0.3, 0.4) is 0 Å². The van der Waals surface area contributed by atoms with Crippen LogP contribution in [0.2, 0.25) is 0 Å². The highest BCUT2D eigenvalue weighted by atomic mass is 16.5. The quantitative estimate of drug-likeness (QED) is 0.799. The van der Waals surface area contributed by atoms with E-state index in [1.54, 1.807) is 18.6 Å². The molecule has 4 nitrogen and oxygen atoms in total. The van der Waals surface area contributed by atoms with E-state index in [0.717, 1.165) is 17.3 Å². The Morgan fingerprint density at radius 1 is 1.43 bits per heavy atom. The van der Waals surface area contributed by atoms with Crippen LogP contribution in [0.4, 0.5) is 0 Å².